The SMILES string of the molecule is CSCCCCCCNC(=O)Cn1cccc1C(=O)O. The lowest BCUT2D eigenvalue weighted by Gasteiger charge is -2.07. The molecule has 112 valence electrons. The molecule has 0 fully saturated rings. The van der Waals surface area contributed by atoms with Crippen LogP contribution >= 0.6 is 11.8 Å². The number of carbonyl (C=O) groups is 2. The Hall–Kier alpha value is -1.43. The Morgan fingerprint density at radius 1 is 1.30 bits per heavy atom. The summed E-state index contributed by atoms with van der Waals surface area (Å²) in [4.78, 5) is 22.6. The van der Waals surface area contributed by atoms with Crippen molar-refractivity contribution in [3.05, 3.63) is 24.0 Å². The third kappa shape index (κ3) is 6.14. The van der Waals surface area contributed by atoms with Crippen molar-refractivity contribution in [3.8, 4) is 0 Å². The van der Waals surface area contributed by atoms with E-state index in [4.69, 9.17) is 5.11 Å². The fourth-order valence-electron chi connectivity index (χ4n) is 1.91. The number of nitrogens with zero attached hydrogens (tertiary/aromatic N) is 1. The molecule has 6 heteroatoms. The third-order valence-electron chi connectivity index (χ3n) is 2.96. The van der Waals surface area contributed by atoms with Crippen molar-refractivity contribution < 1.29 is 14.7 Å². The second kappa shape index (κ2) is 9.47. The molecule has 0 atom stereocenters. The van der Waals surface area contributed by atoms with E-state index in [1.54, 1.807) is 12.3 Å². The first-order chi connectivity index (χ1) is 9.65. The average Bonchev–Trinajstić information content (AvgIpc) is 2.86. The van der Waals surface area contributed by atoms with Crippen LogP contribution in [0.25, 0.3) is 0 Å². The Kier molecular flexibility index (Phi) is 7.87. The molecule has 0 bridgehead atoms. The Labute approximate surface area is 123 Å². The number of carboxylic acids is 1. The number of hydrogen-bond donors (Lipinski definition) is 2. The van der Waals surface area contributed by atoms with E-state index in [1.165, 1.54) is 29.2 Å². The lowest BCUT2D eigenvalue weighted by Crippen LogP contribution is -2.29. The van der Waals surface area contributed by atoms with Gasteiger partial charge in [-0.15, -0.1) is 0 Å². The number of unbranched alkanes of at least 4 members (excludes halogenated alkanes) is 3. The summed E-state index contributed by atoms with van der Waals surface area (Å²) in [5.74, 6) is 0.0298. The predicted octanol–water partition coefficient (Wildman–Crippen LogP) is 2.23. The molecule has 20 heavy (non-hydrogen) atoms. The molecule has 0 aliphatic carbocycles. The van der Waals surface area contributed by atoms with Crippen molar-refractivity contribution in [2.75, 3.05) is 18.6 Å². The first-order valence-electron chi connectivity index (χ1n) is 6.79. The second-order valence-corrected chi connectivity index (χ2v) is 5.57. The van der Waals surface area contributed by atoms with Crippen LogP contribution in [0.3, 0.4) is 0 Å². The van der Waals surface area contributed by atoms with Crippen LogP contribution in [-0.2, 0) is 11.3 Å². The number of carbonyl (C=O) groups excluding carboxylic acids is 1. The molecule has 1 amide bonds. The highest BCUT2D eigenvalue weighted by Crippen LogP contribution is 2.04. The van der Waals surface area contributed by atoms with E-state index in [-0.39, 0.29) is 18.1 Å². The number of aromatic nitrogens is 1. The Balaban J connectivity index is 2.17. The van der Waals surface area contributed by atoms with Crippen molar-refractivity contribution in [2.45, 2.75) is 32.2 Å². The molecular weight excluding hydrogens is 276 g/mol. The highest BCUT2D eigenvalue weighted by Gasteiger charge is 2.10. The molecule has 5 nitrogen and oxygen atoms in total. The van der Waals surface area contributed by atoms with Gasteiger partial charge in [0.1, 0.15) is 12.2 Å². The minimum Gasteiger partial charge on any atom is -0.477 e. The lowest BCUT2D eigenvalue weighted by molar-refractivity contribution is -0.121. The first kappa shape index (κ1) is 16.6. The molecule has 0 radical (unpaired) electrons. The second-order valence-electron chi connectivity index (χ2n) is 4.58. The van der Waals surface area contributed by atoms with Gasteiger partial charge in [0.2, 0.25) is 5.91 Å². The van der Waals surface area contributed by atoms with E-state index in [1.807, 2.05) is 11.8 Å². The molecule has 0 unspecified atom stereocenters. The fourth-order valence-corrected chi connectivity index (χ4v) is 2.40. The summed E-state index contributed by atoms with van der Waals surface area (Å²) in [6.07, 6.45) is 8.21. The normalized spacial score (nSPS) is 10.4. The number of amides is 1. The van der Waals surface area contributed by atoms with Gasteiger partial charge in [0.15, 0.2) is 0 Å². The molecule has 0 aliphatic heterocycles. The van der Waals surface area contributed by atoms with Crippen molar-refractivity contribution in [1.29, 1.82) is 0 Å². The first-order valence-corrected chi connectivity index (χ1v) is 8.18. The van der Waals surface area contributed by atoms with Crippen LogP contribution in [0.1, 0.15) is 36.2 Å². The van der Waals surface area contributed by atoms with E-state index < -0.39 is 5.97 Å². The van der Waals surface area contributed by atoms with E-state index in [0.29, 0.717) is 6.54 Å². The molecule has 1 heterocycles. The molecule has 0 aliphatic rings. The maximum atomic E-state index is 11.7. The van der Waals surface area contributed by atoms with E-state index in [2.05, 4.69) is 11.6 Å². The van der Waals surface area contributed by atoms with Crippen LogP contribution in [0.4, 0.5) is 0 Å². The zero-order valence-electron chi connectivity index (χ0n) is 11.8. The number of thioether (sulfide) groups is 1. The molecule has 1 aromatic rings. The van der Waals surface area contributed by atoms with Gasteiger partial charge in [-0.05, 0) is 37.0 Å². The van der Waals surface area contributed by atoms with Gasteiger partial charge >= 0.3 is 5.97 Å². The Bertz CT molecular complexity index is 432. The average molecular weight is 298 g/mol. The summed E-state index contributed by atoms with van der Waals surface area (Å²) in [6.45, 7) is 0.711. The van der Waals surface area contributed by atoms with Crippen molar-refractivity contribution in [3.63, 3.8) is 0 Å². The number of hydrogen-bond acceptors (Lipinski definition) is 3. The molecule has 0 saturated heterocycles. The van der Waals surface area contributed by atoms with Crippen LogP contribution in [0.15, 0.2) is 18.3 Å². The van der Waals surface area contributed by atoms with E-state index >= 15 is 0 Å². The highest BCUT2D eigenvalue weighted by atomic mass is 32.2. The van der Waals surface area contributed by atoms with Crippen LogP contribution in [-0.4, -0.2) is 40.1 Å². The van der Waals surface area contributed by atoms with Gasteiger partial charge in [-0.1, -0.05) is 12.8 Å². The van der Waals surface area contributed by atoms with Crippen LogP contribution in [0.2, 0.25) is 0 Å². The van der Waals surface area contributed by atoms with Gasteiger partial charge in [0.25, 0.3) is 0 Å². The Morgan fingerprint density at radius 2 is 2.05 bits per heavy atom. The van der Waals surface area contributed by atoms with Crippen molar-refractivity contribution in [1.82, 2.24) is 9.88 Å². The predicted molar refractivity (Wildman–Crippen MR) is 81.3 cm³/mol. The molecule has 0 spiro atoms. The van der Waals surface area contributed by atoms with Crippen molar-refractivity contribution in [2.24, 2.45) is 0 Å². The molecule has 1 rings (SSSR count). The van der Waals surface area contributed by atoms with E-state index in [0.717, 1.165) is 12.8 Å². The van der Waals surface area contributed by atoms with Gasteiger partial charge in [-0.25, -0.2) is 4.79 Å². The standard InChI is InChI=1S/C14H22N2O3S/c1-20-10-5-3-2-4-8-15-13(17)11-16-9-6-7-12(16)14(18)19/h6-7,9H,2-5,8,10-11H2,1H3,(H,15,17)(H,18,19). The zero-order valence-corrected chi connectivity index (χ0v) is 12.6. The summed E-state index contributed by atoms with van der Waals surface area (Å²) in [7, 11) is 0. The quantitative estimate of drug-likeness (QED) is 0.650. The van der Waals surface area contributed by atoms with Gasteiger partial charge in [-0.2, -0.15) is 11.8 Å². The summed E-state index contributed by atoms with van der Waals surface area (Å²) < 4.78 is 1.44. The van der Waals surface area contributed by atoms with Crippen LogP contribution in [0, 0.1) is 0 Å². The fraction of sp³-hybridized carbons (Fsp3) is 0.571. The monoisotopic (exact) mass is 298 g/mol. The van der Waals surface area contributed by atoms with Gasteiger partial charge < -0.3 is 15.0 Å². The molecule has 0 aromatic carbocycles. The maximum Gasteiger partial charge on any atom is 0.352 e. The molecule has 0 saturated carbocycles. The number of nitrogens with one attached hydrogen (secondary N) is 1. The highest BCUT2D eigenvalue weighted by molar-refractivity contribution is 7.98. The minimum atomic E-state index is -1.02. The number of aromatic carboxylic acids is 1. The summed E-state index contributed by atoms with van der Waals surface area (Å²) >= 11 is 1.86. The topological polar surface area (TPSA) is 71.3 Å². The lowest BCUT2D eigenvalue weighted by atomic mass is 10.2. The largest absolute Gasteiger partial charge is 0.477 e. The number of rotatable bonds is 10. The molecular formula is C14H22N2O3S. The minimum absolute atomic E-state index is 0.0567. The zero-order chi connectivity index (χ0) is 14.8. The van der Waals surface area contributed by atoms with Gasteiger partial charge in [-0.3, -0.25) is 4.79 Å². The van der Waals surface area contributed by atoms with Gasteiger partial charge in [0.05, 0.1) is 0 Å². The van der Waals surface area contributed by atoms with E-state index in [9.17, 15) is 9.59 Å². The Morgan fingerprint density at radius 3 is 2.75 bits per heavy atom. The van der Waals surface area contributed by atoms with Crippen LogP contribution in [0.5, 0.6) is 0 Å². The third-order valence-corrected chi connectivity index (χ3v) is 3.66. The van der Waals surface area contributed by atoms with Crippen LogP contribution < -0.4 is 5.32 Å². The van der Waals surface area contributed by atoms with Gasteiger partial charge in [0, 0.05) is 12.7 Å². The number of carboxylic acid groups (broad SMARTS) is 1. The summed E-state index contributed by atoms with van der Waals surface area (Å²) in [5.41, 5.74) is 0.136. The summed E-state index contributed by atoms with van der Waals surface area (Å²) in [6, 6.07) is 3.11. The summed E-state index contributed by atoms with van der Waals surface area (Å²) in [5, 5.41) is 11.8. The molecule has 1 aromatic heterocycles. The molecule has 2 N–H and O–H groups in total. The smallest absolute Gasteiger partial charge is 0.352 e. The van der Waals surface area contributed by atoms with Crippen molar-refractivity contribution >= 4 is 23.6 Å². The maximum absolute atomic E-state index is 11.7.